The van der Waals surface area contributed by atoms with E-state index in [9.17, 15) is 9.59 Å². The van der Waals surface area contributed by atoms with Crippen molar-refractivity contribution in [3.8, 4) is 11.3 Å². The van der Waals surface area contributed by atoms with Crippen LogP contribution in [0.15, 0.2) is 89.3 Å². The number of carbonyl (C=O) groups is 2. The van der Waals surface area contributed by atoms with Crippen LogP contribution < -0.4 is 10.6 Å². The van der Waals surface area contributed by atoms with Gasteiger partial charge in [0, 0.05) is 21.8 Å². The van der Waals surface area contributed by atoms with Crippen LogP contribution in [0.4, 0.5) is 11.4 Å². The fraction of sp³-hybridized carbons (Fsp3) is 0. The van der Waals surface area contributed by atoms with Crippen LogP contribution in [0.5, 0.6) is 0 Å². The summed E-state index contributed by atoms with van der Waals surface area (Å²) in [5, 5.41) is 6.40. The van der Waals surface area contributed by atoms with Gasteiger partial charge in [-0.05, 0) is 66.7 Å². The first kappa shape index (κ1) is 20.7. The Morgan fingerprint density at radius 1 is 0.742 bits per heavy atom. The standard InChI is InChI=1S/C24H16Cl2N2O3/c25-17-8-6-15(7-9-17)21-12-13-22(31-21)24(30)27-18-10-11-20(19(26)14-18)28-23(29)16-4-2-1-3-5-16/h1-14H,(H,27,30)(H,28,29). The third kappa shape index (κ3) is 4.97. The highest BCUT2D eigenvalue weighted by atomic mass is 35.5. The first-order valence-electron chi connectivity index (χ1n) is 9.33. The summed E-state index contributed by atoms with van der Waals surface area (Å²) in [5.41, 5.74) is 2.24. The second kappa shape index (κ2) is 9.08. The molecule has 5 nitrogen and oxygen atoms in total. The van der Waals surface area contributed by atoms with E-state index in [0.717, 1.165) is 5.56 Å². The summed E-state index contributed by atoms with van der Waals surface area (Å²) in [6, 6.07) is 24.1. The lowest BCUT2D eigenvalue weighted by Gasteiger charge is -2.10. The Morgan fingerprint density at radius 2 is 1.48 bits per heavy atom. The van der Waals surface area contributed by atoms with Gasteiger partial charge < -0.3 is 15.1 Å². The van der Waals surface area contributed by atoms with Crippen molar-refractivity contribution in [2.24, 2.45) is 0 Å². The van der Waals surface area contributed by atoms with Crippen molar-refractivity contribution in [2.75, 3.05) is 10.6 Å². The van der Waals surface area contributed by atoms with Crippen molar-refractivity contribution in [3.63, 3.8) is 0 Å². The van der Waals surface area contributed by atoms with Crippen LogP contribution in [0.25, 0.3) is 11.3 Å². The van der Waals surface area contributed by atoms with Crippen LogP contribution in [-0.2, 0) is 0 Å². The van der Waals surface area contributed by atoms with Crippen molar-refractivity contribution >= 4 is 46.4 Å². The Kier molecular flexibility index (Phi) is 6.07. The fourth-order valence-electron chi connectivity index (χ4n) is 2.90. The quantitative estimate of drug-likeness (QED) is 0.352. The molecule has 7 heteroatoms. The predicted octanol–water partition coefficient (Wildman–Crippen LogP) is 6.76. The summed E-state index contributed by atoms with van der Waals surface area (Å²) >= 11 is 12.2. The minimum Gasteiger partial charge on any atom is -0.451 e. The number of carbonyl (C=O) groups excluding carboxylic acids is 2. The fourth-order valence-corrected chi connectivity index (χ4v) is 3.25. The smallest absolute Gasteiger partial charge is 0.291 e. The van der Waals surface area contributed by atoms with Gasteiger partial charge in [0.15, 0.2) is 5.76 Å². The molecule has 0 saturated carbocycles. The molecule has 31 heavy (non-hydrogen) atoms. The van der Waals surface area contributed by atoms with Crippen LogP contribution in [0.2, 0.25) is 10.0 Å². The van der Waals surface area contributed by atoms with E-state index in [1.165, 1.54) is 0 Å². The van der Waals surface area contributed by atoms with Crippen molar-refractivity contribution in [1.82, 2.24) is 0 Å². The van der Waals surface area contributed by atoms with Gasteiger partial charge in [-0.2, -0.15) is 0 Å². The summed E-state index contributed by atoms with van der Waals surface area (Å²) in [7, 11) is 0. The molecule has 2 N–H and O–H groups in total. The molecule has 0 spiro atoms. The molecule has 4 aromatic rings. The summed E-state index contributed by atoms with van der Waals surface area (Å²) in [5.74, 6) is 0.0169. The molecule has 0 bridgehead atoms. The molecule has 0 aliphatic rings. The number of rotatable bonds is 5. The minimum atomic E-state index is -0.419. The van der Waals surface area contributed by atoms with Crippen molar-refractivity contribution in [3.05, 3.63) is 106 Å². The van der Waals surface area contributed by atoms with Gasteiger partial charge in [0.05, 0.1) is 10.7 Å². The Hall–Kier alpha value is -3.54. The van der Waals surface area contributed by atoms with E-state index < -0.39 is 5.91 Å². The molecule has 1 aromatic heterocycles. The molecular formula is C24H16Cl2N2O3. The largest absolute Gasteiger partial charge is 0.451 e. The maximum Gasteiger partial charge on any atom is 0.291 e. The Morgan fingerprint density at radius 3 is 2.19 bits per heavy atom. The summed E-state index contributed by atoms with van der Waals surface area (Å²) in [4.78, 5) is 24.8. The Labute approximate surface area is 188 Å². The number of hydrogen-bond donors (Lipinski definition) is 2. The molecule has 0 aliphatic carbocycles. The molecule has 2 amide bonds. The number of benzene rings is 3. The second-order valence-electron chi connectivity index (χ2n) is 6.64. The highest BCUT2D eigenvalue weighted by Crippen LogP contribution is 2.27. The number of anilines is 2. The van der Waals surface area contributed by atoms with Gasteiger partial charge in [-0.25, -0.2) is 0 Å². The lowest BCUT2D eigenvalue weighted by molar-refractivity contribution is 0.0995. The first-order valence-corrected chi connectivity index (χ1v) is 10.1. The first-order chi connectivity index (χ1) is 15.0. The van der Waals surface area contributed by atoms with Gasteiger partial charge in [-0.3, -0.25) is 9.59 Å². The maximum atomic E-state index is 12.5. The molecule has 1 heterocycles. The molecule has 0 fully saturated rings. The summed E-state index contributed by atoms with van der Waals surface area (Å²) in [6.45, 7) is 0. The second-order valence-corrected chi connectivity index (χ2v) is 7.48. The highest BCUT2D eigenvalue weighted by Gasteiger charge is 2.14. The van der Waals surface area contributed by atoms with Gasteiger partial charge in [-0.1, -0.05) is 41.4 Å². The van der Waals surface area contributed by atoms with E-state index in [1.54, 1.807) is 66.7 Å². The molecule has 0 unspecified atom stereocenters. The number of halogens is 2. The van der Waals surface area contributed by atoms with Gasteiger partial charge in [0.2, 0.25) is 0 Å². The molecule has 4 rings (SSSR count). The van der Waals surface area contributed by atoms with Crippen molar-refractivity contribution < 1.29 is 14.0 Å². The molecule has 0 aliphatic heterocycles. The zero-order valence-corrected chi connectivity index (χ0v) is 17.6. The van der Waals surface area contributed by atoms with E-state index >= 15 is 0 Å². The van der Waals surface area contributed by atoms with Gasteiger partial charge >= 0.3 is 0 Å². The molecule has 3 aromatic carbocycles. The number of hydrogen-bond acceptors (Lipinski definition) is 3. The van der Waals surface area contributed by atoms with Gasteiger partial charge in [0.1, 0.15) is 5.76 Å². The average molecular weight is 451 g/mol. The van der Waals surface area contributed by atoms with E-state index in [-0.39, 0.29) is 11.7 Å². The third-order valence-corrected chi connectivity index (χ3v) is 5.03. The Balaban J connectivity index is 1.44. The lowest BCUT2D eigenvalue weighted by Crippen LogP contribution is -2.13. The van der Waals surface area contributed by atoms with E-state index in [4.69, 9.17) is 27.6 Å². The highest BCUT2D eigenvalue weighted by molar-refractivity contribution is 6.34. The zero-order valence-electron chi connectivity index (χ0n) is 16.1. The van der Waals surface area contributed by atoms with Crippen LogP contribution in [0.1, 0.15) is 20.9 Å². The van der Waals surface area contributed by atoms with Crippen molar-refractivity contribution in [1.29, 1.82) is 0 Å². The maximum absolute atomic E-state index is 12.5. The van der Waals surface area contributed by atoms with Crippen LogP contribution in [-0.4, -0.2) is 11.8 Å². The van der Waals surface area contributed by atoms with Gasteiger partial charge in [-0.15, -0.1) is 0 Å². The van der Waals surface area contributed by atoms with Crippen LogP contribution >= 0.6 is 23.2 Å². The summed E-state index contributed by atoms with van der Waals surface area (Å²) in [6.07, 6.45) is 0. The van der Waals surface area contributed by atoms with E-state index in [0.29, 0.717) is 32.7 Å². The molecule has 0 saturated heterocycles. The predicted molar refractivity (Wildman–Crippen MR) is 123 cm³/mol. The zero-order chi connectivity index (χ0) is 21.8. The summed E-state index contributed by atoms with van der Waals surface area (Å²) < 4.78 is 5.65. The van der Waals surface area contributed by atoms with E-state index in [1.807, 2.05) is 18.2 Å². The molecule has 154 valence electrons. The number of amides is 2. The van der Waals surface area contributed by atoms with Crippen LogP contribution in [0.3, 0.4) is 0 Å². The van der Waals surface area contributed by atoms with Gasteiger partial charge in [0.25, 0.3) is 11.8 Å². The third-order valence-electron chi connectivity index (χ3n) is 4.47. The average Bonchev–Trinajstić information content (AvgIpc) is 3.27. The lowest BCUT2D eigenvalue weighted by atomic mass is 10.2. The molecule has 0 radical (unpaired) electrons. The molecular weight excluding hydrogens is 435 g/mol. The van der Waals surface area contributed by atoms with Crippen molar-refractivity contribution in [2.45, 2.75) is 0 Å². The molecule has 0 atom stereocenters. The number of furan rings is 1. The normalized spacial score (nSPS) is 10.5. The number of nitrogens with one attached hydrogen (secondary N) is 2. The van der Waals surface area contributed by atoms with E-state index in [2.05, 4.69) is 10.6 Å². The monoisotopic (exact) mass is 450 g/mol. The SMILES string of the molecule is O=C(Nc1ccc(NC(=O)c2ccc(-c3ccc(Cl)cc3)o2)cc1Cl)c1ccccc1. The minimum absolute atomic E-state index is 0.155. The van der Waals surface area contributed by atoms with Crippen LogP contribution in [0, 0.1) is 0 Å². The topological polar surface area (TPSA) is 71.3 Å². The Bertz CT molecular complexity index is 1240.